The smallest absolute Gasteiger partial charge is 0.407 e. The number of ether oxygens (including phenoxy) is 1. The number of alkyl carbamates (subject to hydrolysis) is 1. The van der Waals surface area contributed by atoms with Crippen molar-refractivity contribution in [2.75, 3.05) is 26.7 Å². The molecule has 144 valence electrons. The largest absolute Gasteiger partial charge is 0.450 e. The van der Waals surface area contributed by atoms with Gasteiger partial charge in [-0.05, 0) is 44.1 Å². The van der Waals surface area contributed by atoms with E-state index in [1.807, 2.05) is 6.92 Å². The first-order chi connectivity index (χ1) is 12.5. The van der Waals surface area contributed by atoms with Crippen LogP contribution in [0.3, 0.4) is 0 Å². The predicted molar refractivity (Wildman–Crippen MR) is 106 cm³/mol. The number of carbonyl (C=O) groups excluding carboxylic acids is 1. The number of rotatable bonds is 8. The molecule has 1 saturated carbocycles. The first-order valence-corrected chi connectivity index (χ1v) is 9.47. The lowest BCUT2D eigenvalue weighted by atomic mass is 9.99. The fourth-order valence-corrected chi connectivity index (χ4v) is 2.93. The summed E-state index contributed by atoms with van der Waals surface area (Å²) in [6.07, 6.45) is 1.95. The van der Waals surface area contributed by atoms with Crippen LogP contribution in [0.25, 0.3) is 0 Å². The minimum Gasteiger partial charge on any atom is -0.450 e. The highest BCUT2D eigenvalue weighted by Crippen LogP contribution is 2.32. The van der Waals surface area contributed by atoms with Crippen molar-refractivity contribution < 1.29 is 9.53 Å². The summed E-state index contributed by atoms with van der Waals surface area (Å²) >= 11 is 0. The average Bonchev–Trinajstić information content (AvgIpc) is 3.45. The molecule has 2 rings (SSSR count). The maximum Gasteiger partial charge on any atom is 0.407 e. The van der Waals surface area contributed by atoms with Gasteiger partial charge in [0.25, 0.3) is 0 Å². The van der Waals surface area contributed by atoms with Crippen molar-refractivity contribution in [3.63, 3.8) is 0 Å². The molecule has 1 aliphatic rings. The second kappa shape index (κ2) is 10.0. The third-order valence-electron chi connectivity index (χ3n) is 4.67. The molecule has 1 fully saturated rings. The molecule has 0 saturated heterocycles. The van der Waals surface area contributed by atoms with Gasteiger partial charge in [0.05, 0.1) is 12.6 Å². The molecule has 0 aliphatic heterocycles. The molecule has 0 aromatic heterocycles. The number of nitrogens with zero attached hydrogens (tertiary/aromatic N) is 1. The third kappa shape index (κ3) is 6.58. The van der Waals surface area contributed by atoms with Gasteiger partial charge in [0.1, 0.15) is 0 Å². The van der Waals surface area contributed by atoms with E-state index >= 15 is 0 Å². The van der Waals surface area contributed by atoms with Crippen LogP contribution in [0.4, 0.5) is 4.79 Å². The molecule has 6 nitrogen and oxygen atoms in total. The topological polar surface area (TPSA) is 74.8 Å². The molecule has 0 radical (unpaired) electrons. The van der Waals surface area contributed by atoms with Crippen molar-refractivity contribution in [2.24, 2.45) is 10.9 Å². The van der Waals surface area contributed by atoms with Gasteiger partial charge in [-0.15, -0.1) is 0 Å². The van der Waals surface area contributed by atoms with E-state index in [0.717, 1.165) is 25.3 Å². The van der Waals surface area contributed by atoms with Crippen molar-refractivity contribution in [1.29, 1.82) is 0 Å². The molecule has 1 aliphatic carbocycles. The minimum absolute atomic E-state index is 0.0711. The number of aliphatic imine (C=N–C) groups is 1. The summed E-state index contributed by atoms with van der Waals surface area (Å²) in [6.45, 7) is 7.94. The molecule has 1 aromatic carbocycles. The van der Waals surface area contributed by atoms with Crippen molar-refractivity contribution in [3.8, 4) is 0 Å². The predicted octanol–water partition coefficient (Wildman–Crippen LogP) is 2.79. The molecule has 0 heterocycles. The van der Waals surface area contributed by atoms with Gasteiger partial charge in [-0.25, -0.2) is 4.79 Å². The van der Waals surface area contributed by atoms with Gasteiger partial charge in [0, 0.05) is 20.1 Å². The molecule has 1 amide bonds. The normalized spacial score (nSPS) is 16.5. The summed E-state index contributed by atoms with van der Waals surface area (Å²) in [4.78, 5) is 16.0. The first-order valence-electron chi connectivity index (χ1n) is 9.47. The Kier molecular flexibility index (Phi) is 7.75. The summed E-state index contributed by atoms with van der Waals surface area (Å²) < 4.78 is 5.00. The first kappa shape index (κ1) is 20.1. The van der Waals surface area contributed by atoms with Crippen LogP contribution in [-0.4, -0.2) is 44.8 Å². The van der Waals surface area contributed by atoms with Crippen LogP contribution in [0.5, 0.6) is 0 Å². The second-order valence-electron chi connectivity index (χ2n) is 6.96. The van der Waals surface area contributed by atoms with Crippen molar-refractivity contribution in [1.82, 2.24) is 16.0 Å². The van der Waals surface area contributed by atoms with Crippen LogP contribution in [-0.2, 0) is 4.74 Å². The van der Waals surface area contributed by atoms with E-state index < -0.39 is 0 Å². The summed E-state index contributed by atoms with van der Waals surface area (Å²) in [5.41, 5.74) is 2.59. The number of nitrogens with one attached hydrogen (secondary N) is 3. The number of hydrogen-bond acceptors (Lipinski definition) is 3. The van der Waals surface area contributed by atoms with Gasteiger partial charge < -0.3 is 20.7 Å². The number of amides is 1. The molecule has 0 spiro atoms. The van der Waals surface area contributed by atoms with E-state index in [4.69, 9.17) is 4.74 Å². The standard InChI is InChI=1S/C20H32N4O2/c1-5-26-20(25)24-18(16-9-10-16)13-23-19(21-4)22-12-15(3)17-8-6-7-14(2)11-17/h6-8,11,15-16,18H,5,9-10,12-13H2,1-4H3,(H,24,25)(H2,21,22,23). The van der Waals surface area contributed by atoms with Crippen LogP contribution in [0.1, 0.15) is 43.7 Å². The number of hydrogen-bond donors (Lipinski definition) is 3. The number of benzene rings is 1. The zero-order chi connectivity index (χ0) is 18.9. The van der Waals surface area contributed by atoms with E-state index in [1.54, 1.807) is 7.05 Å². The lowest BCUT2D eigenvalue weighted by Crippen LogP contribution is -2.48. The Balaban J connectivity index is 1.80. The zero-order valence-corrected chi connectivity index (χ0v) is 16.3. The van der Waals surface area contributed by atoms with E-state index in [-0.39, 0.29) is 12.1 Å². The van der Waals surface area contributed by atoms with Gasteiger partial charge in [-0.1, -0.05) is 36.8 Å². The van der Waals surface area contributed by atoms with Crippen LogP contribution in [0.2, 0.25) is 0 Å². The Morgan fingerprint density at radius 1 is 1.31 bits per heavy atom. The molecular formula is C20H32N4O2. The summed E-state index contributed by atoms with van der Waals surface area (Å²) in [5, 5.41) is 9.65. The van der Waals surface area contributed by atoms with Gasteiger partial charge in [0.15, 0.2) is 5.96 Å². The molecule has 6 heteroatoms. The quantitative estimate of drug-likeness (QED) is 0.492. The van der Waals surface area contributed by atoms with E-state index in [1.165, 1.54) is 11.1 Å². The minimum atomic E-state index is -0.345. The maximum absolute atomic E-state index is 11.7. The second-order valence-corrected chi connectivity index (χ2v) is 6.96. The van der Waals surface area contributed by atoms with Crippen molar-refractivity contribution in [3.05, 3.63) is 35.4 Å². The average molecular weight is 361 g/mol. The third-order valence-corrected chi connectivity index (χ3v) is 4.67. The summed E-state index contributed by atoms with van der Waals surface area (Å²) in [6, 6.07) is 8.65. The number of aryl methyl sites for hydroxylation is 1. The SMILES string of the molecule is CCOC(=O)NC(CNC(=NC)NCC(C)c1cccc(C)c1)C1CC1. The highest BCUT2D eigenvalue weighted by atomic mass is 16.5. The molecule has 2 atom stereocenters. The van der Waals surface area contributed by atoms with Crippen molar-refractivity contribution >= 4 is 12.1 Å². The van der Waals surface area contributed by atoms with Gasteiger partial charge >= 0.3 is 6.09 Å². The fourth-order valence-electron chi connectivity index (χ4n) is 2.93. The molecule has 26 heavy (non-hydrogen) atoms. The highest BCUT2D eigenvalue weighted by Gasteiger charge is 2.32. The van der Waals surface area contributed by atoms with Crippen LogP contribution in [0, 0.1) is 12.8 Å². The summed E-state index contributed by atoms with van der Waals surface area (Å²) in [5.74, 6) is 1.65. The Morgan fingerprint density at radius 2 is 2.04 bits per heavy atom. The molecule has 1 aromatic rings. The fraction of sp³-hybridized carbons (Fsp3) is 0.600. The Morgan fingerprint density at radius 3 is 2.65 bits per heavy atom. The van der Waals surface area contributed by atoms with Crippen LogP contribution in [0.15, 0.2) is 29.3 Å². The van der Waals surface area contributed by atoms with Crippen molar-refractivity contribution in [2.45, 2.75) is 45.6 Å². The summed E-state index contributed by atoms with van der Waals surface area (Å²) in [7, 11) is 1.76. The van der Waals surface area contributed by atoms with E-state index in [0.29, 0.717) is 25.0 Å². The Bertz CT molecular complexity index is 614. The van der Waals surface area contributed by atoms with Crippen LogP contribution >= 0.6 is 0 Å². The van der Waals surface area contributed by atoms with Gasteiger partial charge in [-0.3, -0.25) is 4.99 Å². The monoisotopic (exact) mass is 360 g/mol. The maximum atomic E-state index is 11.7. The zero-order valence-electron chi connectivity index (χ0n) is 16.3. The number of carbonyl (C=O) groups is 1. The number of guanidine groups is 1. The van der Waals surface area contributed by atoms with Crippen LogP contribution < -0.4 is 16.0 Å². The van der Waals surface area contributed by atoms with E-state index in [9.17, 15) is 4.79 Å². The molecule has 0 bridgehead atoms. The Hall–Kier alpha value is -2.24. The molecule has 3 N–H and O–H groups in total. The lowest BCUT2D eigenvalue weighted by Gasteiger charge is -2.21. The Labute approximate surface area is 156 Å². The van der Waals surface area contributed by atoms with E-state index in [2.05, 4.69) is 59.1 Å². The molecule has 2 unspecified atom stereocenters. The lowest BCUT2D eigenvalue weighted by molar-refractivity contribution is 0.146. The van der Waals surface area contributed by atoms with Gasteiger partial charge in [0.2, 0.25) is 0 Å². The van der Waals surface area contributed by atoms with Gasteiger partial charge in [-0.2, -0.15) is 0 Å². The highest BCUT2D eigenvalue weighted by molar-refractivity contribution is 5.79. The molecular weight excluding hydrogens is 328 g/mol.